The molecule has 540 valence electrons. The number of hydrogen-bond donors (Lipinski definition) is 0. The number of benzene rings is 2. The van der Waals surface area contributed by atoms with E-state index in [0.29, 0.717) is 140 Å². The second kappa shape index (κ2) is 31.2. The van der Waals surface area contributed by atoms with Crippen molar-refractivity contribution in [1.29, 1.82) is 0 Å². The van der Waals surface area contributed by atoms with E-state index in [2.05, 4.69) is 89.1 Å². The van der Waals surface area contributed by atoms with Crippen LogP contribution in [0.4, 0.5) is 27.5 Å². The summed E-state index contributed by atoms with van der Waals surface area (Å²) in [5.74, 6) is 0.902. The fourth-order valence-corrected chi connectivity index (χ4v) is 13.7. The molecule has 10 heterocycles. The minimum Gasteiger partial charge on any atom is -0.377 e. The lowest BCUT2D eigenvalue weighted by Gasteiger charge is -2.44. The molecule has 2 atom stereocenters. The van der Waals surface area contributed by atoms with E-state index in [1.165, 1.54) is 28.9 Å². The lowest BCUT2D eigenvalue weighted by Crippen LogP contribution is -2.58. The molecular weight excluding hydrogens is 1350 g/mol. The van der Waals surface area contributed by atoms with Crippen LogP contribution in [0.5, 0.6) is 0 Å². The van der Waals surface area contributed by atoms with Gasteiger partial charge in [0, 0.05) is 134 Å². The lowest BCUT2D eigenvalue weighted by atomic mass is 9.97. The zero-order valence-electron chi connectivity index (χ0n) is 60.9. The fourth-order valence-electron chi connectivity index (χ4n) is 13.2. The van der Waals surface area contributed by atoms with Crippen LogP contribution in [0, 0.1) is 23.6 Å². The summed E-state index contributed by atoms with van der Waals surface area (Å²) in [6.07, 6.45) is 7.43. The van der Waals surface area contributed by atoms with Gasteiger partial charge in [0.25, 0.3) is 0 Å². The first-order valence-electron chi connectivity index (χ1n) is 34.4. The molecule has 23 nitrogen and oxygen atoms in total. The highest BCUT2D eigenvalue weighted by Gasteiger charge is 2.35. The van der Waals surface area contributed by atoms with Gasteiger partial charge in [-0.15, -0.1) is 0 Å². The fraction of sp³-hybridized carbons (Fsp3) is 0.390. The Bertz CT molecular complexity index is 4950. The topological polar surface area (TPSA) is 230 Å². The predicted octanol–water partition coefficient (Wildman–Crippen LogP) is 11.4. The van der Waals surface area contributed by atoms with Crippen molar-refractivity contribution in [3.63, 3.8) is 0 Å². The summed E-state index contributed by atoms with van der Waals surface area (Å²) >= 11 is 13.6. The summed E-state index contributed by atoms with van der Waals surface area (Å²) in [6, 6.07) is 23.2. The molecule has 3 aliphatic rings. The number of piperazine rings is 3. The van der Waals surface area contributed by atoms with Crippen LogP contribution >= 0.6 is 23.2 Å². The van der Waals surface area contributed by atoms with Crippen molar-refractivity contribution >= 4 is 97.2 Å². The second-order valence-corrected chi connectivity index (χ2v) is 29.8. The van der Waals surface area contributed by atoms with E-state index in [1.54, 1.807) is 60.5 Å². The van der Waals surface area contributed by atoms with Gasteiger partial charge in [-0.2, -0.15) is 15.0 Å². The number of carbonyl (C=O) groups is 3. The molecule has 0 saturated carbocycles. The first kappa shape index (κ1) is 75.5. The summed E-state index contributed by atoms with van der Waals surface area (Å²) in [4.78, 5) is 122. The number of para-hydroxylation sites is 1. The molecule has 103 heavy (non-hydrogen) atoms. The van der Waals surface area contributed by atoms with Gasteiger partial charge in [-0.25, -0.2) is 38.3 Å². The van der Waals surface area contributed by atoms with Crippen molar-refractivity contribution in [3.05, 3.63) is 188 Å². The molecule has 3 saturated heterocycles. The van der Waals surface area contributed by atoms with E-state index in [1.807, 2.05) is 114 Å². The van der Waals surface area contributed by atoms with Crippen molar-refractivity contribution in [2.24, 2.45) is 10.8 Å². The Morgan fingerprint density at radius 3 is 1.61 bits per heavy atom. The van der Waals surface area contributed by atoms with Crippen molar-refractivity contribution < 1.29 is 18.8 Å². The Morgan fingerprint density at radius 2 is 1.08 bits per heavy atom. The van der Waals surface area contributed by atoms with Gasteiger partial charge in [0.05, 0.1) is 49.0 Å². The Balaban J connectivity index is 0.000000171. The average molecular weight is 1440 g/mol. The molecule has 26 heteroatoms. The first-order chi connectivity index (χ1) is 48.8. The van der Waals surface area contributed by atoms with Gasteiger partial charge in [0.15, 0.2) is 5.65 Å². The van der Waals surface area contributed by atoms with E-state index >= 15 is 0 Å². The number of anilines is 4. The molecule has 2 unspecified atom stereocenters. The third-order valence-electron chi connectivity index (χ3n) is 18.2. The monoisotopic (exact) mass is 1440 g/mol. The molecule has 9 aromatic rings. The average Bonchev–Trinajstić information content (AvgIpc) is 0.735. The highest BCUT2D eigenvalue weighted by molar-refractivity contribution is 6.34. The third kappa shape index (κ3) is 16.3. The Kier molecular flexibility index (Phi) is 22.8. The SMILES string of the molecule is C=CC(=O)N1CC(C)N(c2nc(=O)n(-c3c(C)ccnc3C(C)C)c3nc(-c4ccccc4N(C)C)c(Cl)cc23)CC1C.C=CC(=O)N1CCN(c2nc(=O)n(CC(C)(C)C)c3nc(-c4ccccc4F)c(Cl)cc23)CC1.C=CC(=O)N1CCN(c2nc(=O)n(CC(C)(C)C)c3ncccc23)CC1. The second-order valence-electron chi connectivity index (χ2n) is 29.0. The first-order valence-corrected chi connectivity index (χ1v) is 35.2. The molecule has 0 radical (unpaired) electrons. The molecule has 3 amide bonds. The Hall–Kier alpha value is -10.2. The van der Waals surface area contributed by atoms with Crippen molar-refractivity contribution in [3.8, 4) is 28.2 Å². The summed E-state index contributed by atoms with van der Waals surface area (Å²) in [7, 11) is 3.94. The minimum atomic E-state index is -0.452. The number of aromatic nitrogens is 10. The number of hydrogen-bond acceptors (Lipinski definition) is 17. The molecule has 0 aliphatic carbocycles. The van der Waals surface area contributed by atoms with Gasteiger partial charge < -0.3 is 34.3 Å². The number of carbonyl (C=O) groups excluding carboxylic acids is 3. The smallest absolute Gasteiger partial charge is 0.355 e. The van der Waals surface area contributed by atoms with E-state index in [-0.39, 0.29) is 68.5 Å². The van der Waals surface area contributed by atoms with Gasteiger partial charge in [-0.1, -0.05) is 129 Å². The Labute approximate surface area is 609 Å². The number of nitrogens with zero attached hydrogens (tertiary/aromatic N) is 17. The van der Waals surface area contributed by atoms with Crippen molar-refractivity contribution in [2.45, 2.75) is 107 Å². The zero-order chi connectivity index (χ0) is 74.7. The van der Waals surface area contributed by atoms with Crippen LogP contribution in [0.15, 0.2) is 144 Å². The standard InChI is InChI=1S/C33H38ClN7O2.C25H27ClFN5O2.C19H25N5O2/c1-9-27(42)39-17-22(6)40(18-21(39)5)31-24-16-25(34)29(23-12-10-11-13-26(23)38(7)8)36-32(24)41(33(43)37-31)30-20(4)14-15-35-28(30)19(2)3;1-5-20(33)30-10-12-31(13-11-30)22-17-14-18(26)21(16-8-6-7-9-19(16)27)28-23(17)32(24(34)29-22)15-25(2,3)4;1-5-15(25)22-9-11-23(12-10-22)17-14-7-6-8-20-16(14)24(18(26)21-17)13-19(2,3)4/h9-16,19,21-22H,1,17-18H2,2-8H3;5-9,14H,1,10-13,15H2,2-4H3;5-8H,1,9-13H2,2-4H3. The molecule has 0 N–H and O–H groups in total. The summed E-state index contributed by atoms with van der Waals surface area (Å²) in [5, 5.41) is 2.83. The maximum atomic E-state index is 14.6. The van der Waals surface area contributed by atoms with Crippen molar-refractivity contribution in [1.82, 2.24) is 63.3 Å². The van der Waals surface area contributed by atoms with E-state index < -0.39 is 17.2 Å². The van der Waals surface area contributed by atoms with Crippen molar-refractivity contribution in [2.75, 3.05) is 99.1 Å². The van der Waals surface area contributed by atoms with Gasteiger partial charge in [0.1, 0.15) is 34.6 Å². The molecule has 2 aromatic carbocycles. The molecule has 0 spiro atoms. The number of halogens is 3. The maximum Gasteiger partial charge on any atom is 0.355 e. The predicted molar refractivity (Wildman–Crippen MR) is 410 cm³/mol. The number of rotatable bonds is 13. The highest BCUT2D eigenvalue weighted by atomic mass is 35.5. The van der Waals surface area contributed by atoms with Crippen LogP contribution < -0.4 is 36.7 Å². The Morgan fingerprint density at radius 1 is 0.583 bits per heavy atom. The molecule has 0 bridgehead atoms. The quantitative estimate of drug-likeness (QED) is 0.0977. The molecule has 3 fully saturated rings. The van der Waals surface area contributed by atoms with E-state index in [0.717, 1.165) is 27.9 Å². The lowest BCUT2D eigenvalue weighted by molar-refractivity contribution is -0.129. The third-order valence-corrected chi connectivity index (χ3v) is 18.8. The molecule has 7 aromatic heterocycles. The van der Waals surface area contributed by atoms with Gasteiger partial charge in [0.2, 0.25) is 17.7 Å². The zero-order valence-corrected chi connectivity index (χ0v) is 62.4. The van der Waals surface area contributed by atoms with Gasteiger partial charge in [-0.05, 0) is 110 Å². The number of amides is 3. The van der Waals surface area contributed by atoms with Crippen LogP contribution in [0.2, 0.25) is 10.0 Å². The highest BCUT2D eigenvalue weighted by Crippen LogP contribution is 2.40. The minimum absolute atomic E-state index is 0.0501. The summed E-state index contributed by atoms with van der Waals surface area (Å²) < 4.78 is 19.3. The molecular formula is C77H90Cl2FN17O6. The van der Waals surface area contributed by atoms with Crippen LogP contribution in [0.1, 0.15) is 86.4 Å². The van der Waals surface area contributed by atoms with Gasteiger partial charge in [-0.3, -0.25) is 28.5 Å². The number of pyridine rings is 4. The number of aryl methyl sites for hydroxylation is 1. The van der Waals surface area contributed by atoms with E-state index in [4.69, 9.17) is 33.2 Å². The van der Waals surface area contributed by atoms with Crippen LogP contribution in [0.3, 0.4) is 0 Å². The van der Waals surface area contributed by atoms with Crippen LogP contribution in [-0.2, 0) is 27.5 Å². The normalized spacial score (nSPS) is 15.8. The molecule has 3 aliphatic heterocycles. The van der Waals surface area contributed by atoms with Crippen LogP contribution in [0.25, 0.3) is 61.3 Å². The van der Waals surface area contributed by atoms with Crippen LogP contribution in [-0.4, -0.2) is 173 Å². The molecule has 12 rings (SSSR count). The van der Waals surface area contributed by atoms with E-state index in [9.17, 15) is 33.2 Å². The largest absolute Gasteiger partial charge is 0.377 e. The summed E-state index contributed by atoms with van der Waals surface area (Å²) in [6.45, 7) is 39.3. The maximum absolute atomic E-state index is 14.6. The van der Waals surface area contributed by atoms with Gasteiger partial charge >= 0.3 is 17.1 Å². The summed E-state index contributed by atoms with van der Waals surface area (Å²) in [5.41, 5.74) is 5.29. The number of fused-ring (bicyclic) bond motifs is 3.